The molecule has 0 saturated carbocycles. The van der Waals surface area contributed by atoms with Gasteiger partial charge in [-0.25, -0.2) is 0 Å². The first kappa shape index (κ1) is 15.5. The van der Waals surface area contributed by atoms with E-state index in [-0.39, 0.29) is 11.9 Å². The van der Waals surface area contributed by atoms with Gasteiger partial charge in [-0.3, -0.25) is 4.79 Å². The van der Waals surface area contributed by atoms with Gasteiger partial charge in [-0.2, -0.15) is 0 Å². The van der Waals surface area contributed by atoms with E-state index in [4.69, 9.17) is 5.73 Å². The molecule has 22 heavy (non-hydrogen) atoms. The summed E-state index contributed by atoms with van der Waals surface area (Å²) in [5.74, 6) is 0.255. The van der Waals surface area contributed by atoms with Crippen molar-refractivity contribution in [2.45, 2.75) is 44.6 Å². The predicted octanol–water partition coefficient (Wildman–Crippen LogP) is 2.17. The first-order valence-electron chi connectivity index (χ1n) is 8.60. The Morgan fingerprint density at radius 2 is 2.05 bits per heavy atom. The van der Waals surface area contributed by atoms with Gasteiger partial charge in [0, 0.05) is 37.8 Å². The van der Waals surface area contributed by atoms with Crippen LogP contribution in [0.4, 0.5) is 5.69 Å². The van der Waals surface area contributed by atoms with Crippen LogP contribution in [0.25, 0.3) is 0 Å². The first-order valence-corrected chi connectivity index (χ1v) is 8.60. The average Bonchev–Trinajstić information content (AvgIpc) is 2.76. The monoisotopic (exact) mass is 301 g/mol. The number of hydrogen-bond donors (Lipinski definition) is 1. The fourth-order valence-electron chi connectivity index (χ4n) is 3.64. The van der Waals surface area contributed by atoms with Crippen molar-refractivity contribution < 1.29 is 4.79 Å². The van der Waals surface area contributed by atoms with E-state index in [1.807, 2.05) is 11.0 Å². The van der Waals surface area contributed by atoms with E-state index < -0.39 is 0 Å². The zero-order valence-corrected chi connectivity index (χ0v) is 13.3. The van der Waals surface area contributed by atoms with E-state index in [2.05, 4.69) is 23.1 Å². The third-order valence-electron chi connectivity index (χ3n) is 4.85. The smallest absolute Gasteiger partial charge is 0.228 e. The summed E-state index contributed by atoms with van der Waals surface area (Å²) in [7, 11) is 0. The zero-order valence-electron chi connectivity index (χ0n) is 13.3. The van der Waals surface area contributed by atoms with Crippen molar-refractivity contribution in [3.63, 3.8) is 0 Å². The minimum atomic E-state index is 0.255. The SMILES string of the molecule is NC1CCCCN(CCC(=O)N2CCCc3ccccc32)C1. The molecule has 0 bridgehead atoms. The van der Waals surface area contributed by atoms with Crippen molar-refractivity contribution in [1.29, 1.82) is 0 Å². The summed E-state index contributed by atoms with van der Waals surface area (Å²) in [5.41, 5.74) is 8.52. The van der Waals surface area contributed by atoms with Gasteiger partial charge in [-0.15, -0.1) is 0 Å². The van der Waals surface area contributed by atoms with Gasteiger partial charge in [0.25, 0.3) is 0 Å². The van der Waals surface area contributed by atoms with Crippen LogP contribution in [0.15, 0.2) is 24.3 Å². The second kappa shape index (κ2) is 7.25. The summed E-state index contributed by atoms with van der Waals surface area (Å²) in [5, 5.41) is 0. The van der Waals surface area contributed by atoms with Crippen LogP contribution in [0.1, 0.15) is 37.7 Å². The van der Waals surface area contributed by atoms with Gasteiger partial charge in [0.05, 0.1) is 0 Å². The summed E-state index contributed by atoms with van der Waals surface area (Å²) in [4.78, 5) is 17.0. The van der Waals surface area contributed by atoms with Gasteiger partial charge in [0.1, 0.15) is 0 Å². The maximum absolute atomic E-state index is 12.6. The lowest BCUT2D eigenvalue weighted by Gasteiger charge is -2.30. The summed E-state index contributed by atoms with van der Waals surface area (Å²) in [6.45, 7) is 3.71. The van der Waals surface area contributed by atoms with Gasteiger partial charge in [-0.05, 0) is 43.9 Å². The first-order chi connectivity index (χ1) is 10.7. The number of hydrogen-bond acceptors (Lipinski definition) is 3. The van der Waals surface area contributed by atoms with Gasteiger partial charge in [0.15, 0.2) is 0 Å². The molecule has 2 heterocycles. The summed E-state index contributed by atoms with van der Waals surface area (Å²) in [6, 6.07) is 8.58. The number of likely N-dealkylation sites (tertiary alicyclic amines) is 1. The van der Waals surface area contributed by atoms with Crippen molar-refractivity contribution in [2.75, 3.05) is 31.1 Å². The molecule has 0 aromatic heterocycles. The third-order valence-corrected chi connectivity index (χ3v) is 4.85. The van der Waals surface area contributed by atoms with Crippen molar-refractivity contribution >= 4 is 11.6 Å². The van der Waals surface area contributed by atoms with Crippen LogP contribution in [-0.2, 0) is 11.2 Å². The Bertz CT molecular complexity index is 517. The fourth-order valence-corrected chi connectivity index (χ4v) is 3.64. The molecule has 2 N–H and O–H groups in total. The van der Waals surface area contributed by atoms with Crippen LogP contribution in [0.3, 0.4) is 0 Å². The minimum Gasteiger partial charge on any atom is -0.327 e. The Morgan fingerprint density at radius 3 is 2.95 bits per heavy atom. The van der Waals surface area contributed by atoms with Crippen LogP contribution in [-0.4, -0.2) is 43.0 Å². The molecule has 1 aromatic rings. The van der Waals surface area contributed by atoms with Gasteiger partial charge >= 0.3 is 0 Å². The maximum Gasteiger partial charge on any atom is 0.228 e. The number of para-hydroxylation sites is 1. The van der Waals surface area contributed by atoms with Crippen LogP contribution >= 0.6 is 0 Å². The average molecular weight is 301 g/mol. The standard InChI is InChI=1S/C18H27N3O/c19-16-8-3-4-11-20(14-16)13-10-18(22)21-12-5-7-15-6-1-2-9-17(15)21/h1-2,6,9,16H,3-5,7-8,10-14,19H2. The zero-order chi connectivity index (χ0) is 15.4. The van der Waals surface area contributed by atoms with E-state index in [1.54, 1.807) is 0 Å². The molecule has 0 radical (unpaired) electrons. The second-order valence-corrected chi connectivity index (χ2v) is 6.58. The van der Waals surface area contributed by atoms with E-state index in [1.165, 1.54) is 18.4 Å². The Balaban J connectivity index is 1.58. The highest BCUT2D eigenvalue weighted by Gasteiger charge is 2.23. The highest BCUT2D eigenvalue weighted by Crippen LogP contribution is 2.27. The van der Waals surface area contributed by atoms with Gasteiger partial charge in [-0.1, -0.05) is 24.6 Å². The lowest BCUT2D eigenvalue weighted by molar-refractivity contribution is -0.119. The minimum absolute atomic E-state index is 0.255. The molecule has 0 aliphatic carbocycles. The molecule has 1 unspecified atom stereocenters. The topological polar surface area (TPSA) is 49.6 Å². The molecular weight excluding hydrogens is 274 g/mol. The van der Waals surface area contributed by atoms with Crippen molar-refractivity contribution in [2.24, 2.45) is 5.73 Å². The highest BCUT2D eigenvalue weighted by molar-refractivity contribution is 5.94. The number of fused-ring (bicyclic) bond motifs is 1. The number of aryl methyl sites for hydroxylation is 1. The predicted molar refractivity (Wildman–Crippen MR) is 90.0 cm³/mol. The lowest BCUT2D eigenvalue weighted by Crippen LogP contribution is -2.40. The number of anilines is 1. The number of carbonyl (C=O) groups excluding carboxylic acids is 1. The molecule has 1 atom stereocenters. The molecule has 2 aliphatic rings. The molecule has 0 spiro atoms. The second-order valence-electron chi connectivity index (χ2n) is 6.58. The lowest BCUT2D eigenvalue weighted by atomic mass is 10.0. The molecule has 1 amide bonds. The molecule has 4 heteroatoms. The Labute approximate surface area is 133 Å². The molecule has 3 rings (SSSR count). The molecular formula is C18H27N3O. The normalized spacial score (nSPS) is 23.0. The highest BCUT2D eigenvalue weighted by atomic mass is 16.2. The number of nitrogens with zero attached hydrogens (tertiary/aromatic N) is 2. The molecule has 2 aliphatic heterocycles. The number of benzene rings is 1. The van der Waals surface area contributed by atoms with Crippen molar-refractivity contribution in [1.82, 2.24) is 4.90 Å². The van der Waals surface area contributed by atoms with E-state index >= 15 is 0 Å². The number of carbonyl (C=O) groups is 1. The summed E-state index contributed by atoms with van der Waals surface area (Å²) in [6.07, 6.45) is 6.28. The molecule has 1 fully saturated rings. The van der Waals surface area contributed by atoms with E-state index in [0.29, 0.717) is 6.42 Å². The van der Waals surface area contributed by atoms with Crippen molar-refractivity contribution in [3.8, 4) is 0 Å². The largest absolute Gasteiger partial charge is 0.327 e. The molecule has 120 valence electrons. The number of rotatable bonds is 3. The summed E-state index contributed by atoms with van der Waals surface area (Å²) >= 11 is 0. The van der Waals surface area contributed by atoms with E-state index in [0.717, 1.165) is 51.1 Å². The van der Waals surface area contributed by atoms with Crippen molar-refractivity contribution in [3.05, 3.63) is 29.8 Å². The van der Waals surface area contributed by atoms with Crippen LogP contribution in [0.2, 0.25) is 0 Å². The number of amides is 1. The fraction of sp³-hybridized carbons (Fsp3) is 0.611. The quantitative estimate of drug-likeness (QED) is 0.931. The van der Waals surface area contributed by atoms with Crippen LogP contribution in [0, 0.1) is 0 Å². The molecule has 1 saturated heterocycles. The Hall–Kier alpha value is -1.39. The number of nitrogens with two attached hydrogens (primary N) is 1. The van der Waals surface area contributed by atoms with Crippen LogP contribution < -0.4 is 10.6 Å². The summed E-state index contributed by atoms with van der Waals surface area (Å²) < 4.78 is 0. The van der Waals surface area contributed by atoms with Crippen LogP contribution in [0.5, 0.6) is 0 Å². The van der Waals surface area contributed by atoms with Gasteiger partial charge < -0.3 is 15.5 Å². The molecule has 1 aromatic carbocycles. The Kier molecular flexibility index (Phi) is 5.11. The van der Waals surface area contributed by atoms with Gasteiger partial charge in [0.2, 0.25) is 5.91 Å². The molecule has 4 nitrogen and oxygen atoms in total. The Morgan fingerprint density at radius 1 is 1.18 bits per heavy atom. The maximum atomic E-state index is 12.6. The van der Waals surface area contributed by atoms with E-state index in [9.17, 15) is 4.79 Å². The third kappa shape index (κ3) is 3.68.